The number of hydrogen-bond acceptors (Lipinski definition) is 3. The highest BCUT2D eigenvalue weighted by atomic mass is 35.5. The summed E-state index contributed by atoms with van der Waals surface area (Å²) in [5.41, 5.74) is 6.78. The maximum absolute atomic E-state index is 11.6. The molecule has 0 radical (unpaired) electrons. The Morgan fingerprint density at radius 1 is 1.21 bits per heavy atom. The molecule has 0 saturated carbocycles. The molecule has 0 aliphatic heterocycles. The number of benzene rings is 2. The van der Waals surface area contributed by atoms with E-state index in [0.717, 1.165) is 5.69 Å². The summed E-state index contributed by atoms with van der Waals surface area (Å²) in [5.74, 6) is 0.265. The third kappa shape index (κ3) is 3.89. The van der Waals surface area contributed by atoms with Crippen LogP contribution in [0.25, 0.3) is 0 Å². The molecule has 2 rings (SSSR count). The summed E-state index contributed by atoms with van der Waals surface area (Å²) in [6.07, 6.45) is 0. The van der Waals surface area contributed by atoms with E-state index in [1.165, 1.54) is 0 Å². The topological polar surface area (TPSA) is 64.3 Å². The molecule has 1 amide bonds. The van der Waals surface area contributed by atoms with Crippen LogP contribution >= 0.6 is 11.6 Å². The molecule has 19 heavy (non-hydrogen) atoms. The quantitative estimate of drug-likeness (QED) is 0.844. The van der Waals surface area contributed by atoms with Crippen LogP contribution in [-0.2, 0) is 4.79 Å². The summed E-state index contributed by atoms with van der Waals surface area (Å²) in [5, 5.41) is 3.12. The predicted octanol–water partition coefficient (Wildman–Crippen LogP) is 2.94. The molecule has 2 aromatic rings. The lowest BCUT2D eigenvalue weighted by Crippen LogP contribution is -2.20. The number of halogens is 1. The average Bonchev–Trinajstić information content (AvgIpc) is 2.41. The molecule has 3 N–H and O–H groups in total. The van der Waals surface area contributed by atoms with Crippen LogP contribution in [0.4, 0.5) is 11.4 Å². The first-order chi connectivity index (χ1) is 9.15. The summed E-state index contributed by atoms with van der Waals surface area (Å²) in [7, 11) is 0. The fourth-order valence-corrected chi connectivity index (χ4v) is 1.64. The van der Waals surface area contributed by atoms with Gasteiger partial charge >= 0.3 is 0 Å². The minimum absolute atomic E-state index is 0.0882. The molecule has 0 heterocycles. The van der Waals surface area contributed by atoms with Crippen molar-refractivity contribution in [3.8, 4) is 5.75 Å². The van der Waals surface area contributed by atoms with Crippen molar-refractivity contribution in [2.24, 2.45) is 0 Å². The summed E-state index contributed by atoms with van der Waals surface area (Å²) in [4.78, 5) is 11.6. The van der Waals surface area contributed by atoms with Crippen LogP contribution in [0.3, 0.4) is 0 Å². The van der Waals surface area contributed by atoms with Crippen molar-refractivity contribution in [1.29, 1.82) is 0 Å². The van der Waals surface area contributed by atoms with Crippen LogP contribution in [0.5, 0.6) is 5.75 Å². The number of nitrogens with one attached hydrogen (secondary N) is 1. The van der Waals surface area contributed by atoms with Gasteiger partial charge in [0.2, 0.25) is 0 Å². The lowest BCUT2D eigenvalue weighted by atomic mass is 10.3. The molecule has 0 aliphatic rings. The Morgan fingerprint density at radius 2 is 1.95 bits per heavy atom. The van der Waals surface area contributed by atoms with Gasteiger partial charge in [-0.15, -0.1) is 0 Å². The standard InChI is InChI=1S/C14H13ClN2O2/c15-12-8-11(6-7-13(12)16)19-9-14(18)17-10-4-2-1-3-5-10/h1-8H,9,16H2,(H,17,18). The molecule has 4 nitrogen and oxygen atoms in total. The van der Waals surface area contributed by atoms with Gasteiger partial charge in [-0.25, -0.2) is 0 Å². The second-order valence-corrected chi connectivity index (χ2v) is 4.29. The number of carbonyl (C=O) groups is 1. The maximum atomic E-state index is 11.6. The van der Waals surface area contributed by atoms with E-state index < -0.39 is 0 Å². The van der Waals surface area contributed by atoms with Gasteiger partial charge in [0.05, 0.1) is 10.7 Å². The van der Waals surface area contributed by atoms with E-state index in [-0.39, 0.29) is 12.5 Å². The second-order valence-electron chi connectivity index (χ2n) is 3.89. The van der Waals surface area contributed by atoms with Gasteiger partial charge in [0.1, 0.15) is 5.75 Å². The number of nitrogen functional groups attached to an aromatic ring is 1. The first kappa shape index (κ1) is 13.2. The molecule has 0 spiro atoms. The smallest absolute Gasteiger partial charge is 0.262 e. The number of hydrogen-bond donors (Lipinski definition) is 2. The van der Waals surface area contributed by atoms with Crippen LogP contribution in [0.15, 0.2) is 48.5 Å². The molecule has 5 heteroatoms. The lowest BCUT2D eigenvalue weighted by molar-refractivity contribution is -0.118. The SMILES string of the molecule is Nc1ccc(OCC(=O)Nc2ccccc2)cc1Cl. The number of ether oxygens (including phenoxy) is 1. The van der Waals surface area contributed by atoms with Gasteiger partial charge in [-0.2, -0.15) is 0 Å². The Hall–Kier alpha value is -2.20. The number of para-hydroxylation sites is 1. The highest BCUT2D eigenvalue weighted by Crippen LogP contribution is 2.24. The summed E-state index contributed by atoms with van der Waals surface area (Å²) < 4.78 is 5.32. The van der Waals surface area contributed by atoms with Crippen molar-refractivity contribution in [3.05, 3.63) is 53.6 Å². The number of rotatable bonds is 4. The molecule has 0 aliphatic carbocycles. The van der Waals surface area contributed by atoms with Crippen molar-refractivity contribution >= 4 is 28.9 Å². The first-order valence-corrected chi connectivity index (χ1v) is 6.05. The van der Waals surface area contributed by atoms with E-state index in [1.54, 1.807) is 30.3 Å². The van der Waals surface area contributed by atoms with Gasteiger partial charge in [-0.05, 0) is 24.3 Å². The summed E-state index contributed by atoms with van der Waals surface area (Å²) >= 11 is 5.85. The largest absolute Gasteiger partial charge is 0.484 e. The van der Waals surface area contributed by atoms with Crippen LogP contribution in [0.2, 0.25) is 5.02 Å². The Balaban J connectivity index is 1.88. The Labute approximate surface area is 116 Å². The monoisotopic (exact) mass is 276 g/mol. The average molecular weight is 277 g/mol. The van der Waals surface area contributed by atoms with Crippen molar-refractivity contribution in [2.75, 3.05) is 17.7 Å². The Kier molecular flexibility index (Phi) is 4.26. The first-order valence-electron chi connectivity index (χ1n) is 5.68. The van der Waals surface area contributed by atoms with Gasteiger partial charge in [0, 0.05) is 11.8 Å². The van der Waals surface area contributed by atoms with Gasteiger partial charge in [0.25, 0.3) is 5.91 Å². The van der Waals surface area contributed by atoms with Crippen molar-refractivity contribution in [1.82, 2.24) is 0 Å². The summed E-state index contributed by atoms with van der Waals surface area (Å²) in [6, 6.07) is 14.0. The Bertz CT molecular complexity index is 573. The molecule has 0 bridgehead atoms. The fraction of sp³-hybridized carbons (Fsp3) is 0.0714. The molecule has 0 saturated heterocycles. The zero-order valence-corrected chi connectivity index (χ0v) is 10.9. The van der Waals surface area contributed by atoms with E-state index in [2.05, 4.69) is 5.32 Å². The summed E-state index contributed by atoms with van der Waals surface area (Å²) in [6.45, 7) is -0.0882. The highest BCUT2D eigenvalue weighted by Gasteiger charge is 2.04. The molecule has 0 aromatic heterocycles. The van der Waals surface area contributed by atoms with E-state index in [0.29, 0.717) is 16.5 Å². The van der Waals surface area contributed by atoms with Gasteiger partial charge in [0.15, 0.2) is 6.61 Å². The molecule has 0 fully saturated rings. The van der Waals surface area contributed by atoms with Gasteiger partial charge in [-0.1, -0.05) is 29.8 Å². The van der Waals surface area contributed by atoms with Crippen LogP contribution in [0, 0.1) is 0 Å². The zero-order chi connectivity index (χ0) is 13.7. The van der Waals surface area contributed by atoms with E-state index in [9.17, 15) is 4.79 Å². The van der Waals surface area contributed by atoms with Gasteiger partial charge < -0.3 is 15.8 Å². The van der Waals surface area contributed by atoms with E-state index in [1.807, 2.05) is 18.2 Å². The van der Waals surface area contributed by atoms with Crippen molar-refractivity contribution < 1.29 is 9.53 Å². The van der Waals surface area contributed by atoms with Crippen LogP contribution in [-0.4, -0.2) is 12.5 Å². The number of carbonyl (C=O) groups excluding carboxylic acids is 1. The molecule has 0 atom stereocenters. The van der Waals surface area contributed by atoms with E-state index >= 15 is 0 Å². The fourth-order valence-electron chi connectivity index (χ4n) is 1.47. The number of anilines is 2. The minimum Gasteiger partial charge on any atom is -0.484 e. The van der Waals surface area contributed by atoms with Crippen molar-refractivity contribution in [3.63, 3.8) is 0 Å². The lowest BCUT2D eigenvalue weighted by Gasteiger charge is -2.08. The predicted molar refractivity (Wildman–Crippen MR) is 76.4 cm³/mol. The zero-order valence-electron chi connectivity index (χ0n) is 10.1. The van der Waals surface area contributed by atoms with Crippen LogP contribution in [0.1, 0.15) is 0 Å². The highest BCUT2D eigenvalue weighted by molar-refractivity contribution is 6.33. The normalized spacial score (nSPS) is 9.95. The third-order valence-corrected chi connectivity index (χ3v) is 2.73. The van der Waals surface area contributed by atoms with E-state index in [4.69, 9.17) is 22.1 Å². The molecular formula is C14H13ClN2O2. The Morgan fingerprint density at radius 3 is 2.63 bits per heavy atom. The number of amides is 1. The molecule has 2 aromatic carbocycles. The second kappa shape index (κ2) is 6.11. The molecular weight excluding hydrogens is 264 g/mol. The number of nitrogens with two attached hydrogens (primary N) is 1. The maximum Gasteiger partial charge on any atom is 0.262 e. The minimum atomic E-state index is -0.237. The van der Waals surface area contributed by atoms with Crippen molar-refractivity contribution in [2.45, 2.75) is 0 Å². The molecule has 0 unspecified atom stereocenters. The molecule has 98 valence electrons. The van der Waals surface area contributed by atoms with Crippen LogP contribution < -0.4 is 15.8 Å². The van der Waals surface area contributed by atoms with Gasteiger partial charge in [-0.3, -0.25) is 4.79 Å². The third-order valence-electron chi connectivity index (χ3n) is 2.40.